The maximum atomic E-state index is 13.9. The molecule has 0 saturated carbocycles. The molecule has 1 aliphatic rings. The van der Waals surface area contributed by atoms with Crippen LogP contribution in [0.3, 0.4) is 0 Å². The minimum atomic E-state index is -0.843. The third kappa shape index (κ3) is 6.31. The molecule has 4 rings (SSSR count). The number of anilines is 1. The zero-order valence-electron chi connectivity index (χ0n) is 23.9. The molecule has 2 atom stereocenters. The summed E-state index contributed by atoms with van der Waals surface area (Å²) in [5.41, 5.74) is 4.05. The molecule has 208 valence electrons. The van der Waals surface area contributed by atoms with Crippen molar-refractivity contribution in [3.8, 4) is 0 Å². The molecule has 0 radical (unpaired) electrons. The average Bonchev–Trinajstić information content (AvgIpc) is 3.11. The maximum Gasteiger partial charge on any atom is 0.270 e. The topological polar surface area (TPSA) is 97.3 Å². The van der Waals surface area contributed by atoms with Gasteiger partial charge < -0.3 is 10.1 Å². The number of ether oxygens (including phenoxy) is 1. The molecule has 0 fully saturated rings. The lowest BCUT2D eigenvalue weighted by molar-refractivity contribution is -0.124. The summed E-state index contributed by atoms with van der Waals surface area (Å²) in [5, 5.41) is 2.93. The molecular formula is C30H39N5O3S. The summed E-state index contributed by atoms with van der Waals surface area (Å²) in [6.07, 6.45) is 10.1. The first-order chi connectivity index (χ1) is 18.4. The van der Waals surface area contributed by atoms with Crippen molar-refractivity contribution in [3.05, 3.63) is 82.6 Å². The van der Waals surface area contributed by atoms with Gasteiger partial charge in [0.2, 0.25) is 5.91 Å². The summed E-state index contributed by atoms with van der Waals surface area (Å²) < 4.78 is 5.94. The summed E-state index contributed by atoms with van der Waals surface area (Å²) in [6.45, 7) is 9.02. The highest BCUT2D eigenvalue weighted by molar-refractivity contribution is 8.32. The van der Waals surface area contributed by atoms with Crippen molar-refractivity contribution in [2.45, 2.75) is 45.6 Å². The Balaban J connectivity index is 1.47. The van der Waals surface area contributed by atoms with Crippen LogP contribution in [0.25, 0.3) is 0 Å². The summed E-state index contributed by atoms with van der Waals surface area (Å²) in [6, 6.07) is 11.3. The molecule has 2 amide bonds. The molecule has 0 spiro atoms. The fourth-order valence-electron chi connectivity index (χ4n) is 4.94. The first-order valence-electron chi connectivity index (χ1n) is 13.1. The van der Waals surface area contributed by atoms with Crippen LogP contribution in [0.15, 0.2) is 48.8 Å². The molecular weight excluding hydrogens is 510 g/mol. The minimum absolute atomic E-state index is 0.0448. The van der Waals surface area contributed by atoms with Crippen LogP contribution in [0.1, 0.15) is 58.3 Å². The van der Waals surface area contributed by atoms with Crippen molar-refractivity contribution in [1.82, 2.24) is 20.3 Å². The Morgan fingerprint density at radius 3 is 2.49 bits per heavy atom. The average molecular weight is 550 g/mol. The Morgan fingerprint density at radius 1 is 1.13 bits per heavy atom. The molecule has 3 aromatic rings. The third-order valence-corrected chi connectivity index (χ3v) is 8.72. The van der Waals surface area contributed by atoms with Crippen molar-refractivity contribution in [1.29, 1.82) is 0 Å². The fourth-order valence-corrected chi connectivity index (χ4v) is 5.56. The zero-order chi connectivity index (χ0) is 28.4. The number of hydrogen-bond acceptors (Lipinski definition) is 6. The molecule has 9 heteroatoms. The molecule has 0 bridgehead atoms. The Kier molecular flexibility index (Phi) is 8.42. The van der Waals surface area contributed by atoms with Crippen LogP contribution in [0.5, 0.6) is 0 Å². The van der Waals surface area contributed by atoms with Crippen molar-refractivity contribution in [3.63, 3.8) is 0 Å². The number of nitrogens with zero attached hydrogens (tertiary/aromatic N) is 4. The van der Waals surface area contributed by atoms with Crippen LogP contribution in [0.4, 0.5) is 5.82 Å². The highest BCUT2D eigenvalue weighted by Crippen LogP contribution is 2.48. The van der Waals surface area contributed by atoms with E-state index >= 15 is 0 Å². The number of carbonyl (C=O) groups is 2. The Bertz CT molecular complexity index is 1340. The fraction of sp³-hybridized carbons (Fsp3) is 0.433. The monoisotopic (exact) mass is 549 g/mol. The standard InChI is InChI=1S/C30H39N5O3S/c1-20-15-23(16-21(2)34-20)17-33-28(36)26-11-10-24(18-32-26)22(3)30(4)25-9-8-12-31-27(25)35(29(30)37)19-38-13-14-39(5,6)7/h8-12,15-16,18,22H,13-14,17,19H2,1-7H3,(H,33,36)/t22-,30-/m1/s1. The van der Waals surface area contributed by atoms with E-state index in [0.29, 0.717) is 24.7 Å². The zero-order valence-corrected chi connectivity index (χ0v) is 24.8. The van der Waals surface area contributed by atoms with E-state index in [9.17, 15) is 9.59 Å². The smallest absolute Gasteiger partial charge is 0.270 e. The van der Waals surface area contributed by atoms with Crippen molar-refractivity contribution in [2.75, 3.05) is 42.8 Å². The van der Waals surface area contributed by atoms with Gasteiger partial charge in [-0.05, 0) is 74.9 Å². The number of hydrogen-bond donors (Lipinski definition) is 1. The predicted octanol–water partition coefficient (Wildman–Crippen LogP) is 4.49. The van der Waals surface area contributed by atoms with E-state index in [0.717, 1.165) is 33.8 Å². The summed E-state index contributed by atoms with van der Waals surface area (Å²) >= 11 is 0. The Hall–Kier alpha value is -3.30. The van der Waals surface area contributed by atoms with Crippen molar-refractivity contribution < 1.29 is 14.3 Å². The molecule has 0 aliphatic carbocycles. The molecule has 1 aliphatic heterocycles. The lowest BCUT2D eigenvalue weighted by Gasteiger charge is -2.31. The third-order valence-electron chi connectivity index (χ3n) is 7.33. The van der Waals surface area contributed by atoms with Gasteiger partial charge in [0, 0.05) is 47.6 Å². The van der Waals surface area contributed by atoms with E-state index in [1.807, 2.05) is 58.0 Å². The van der Waals surface area contributed by atoms with Crippen molar-refractivity contribution in [2.24, 2.45) is 0 Å². The Morgan fingerprint density at radius 2 is 1.85 bits per heavy atom. The molecule has 4 heterocycles. The van der Waals surface area contributed by atoms with Crippen LogP contribution >= 0.6 is 10.0 Å². The van der Waals surface area contributed by atoms with Gasteiger partial charge in [-0.3, -0.25) is 24.5 Å². The second kappa shape index (κ2) is 11.4. The maximum absolute atomic E-state index is 13.9. The summed E-state index contributed by atoms with van der Waals surface area (Å²) in [5.74, 6) is 1.12. The largest absolute Gasteiger partial charge is 0.360 e. The van der Waals surface area contributed by atoms with E-state index in [1.165, 1.54) is 0 Å². The van der Waals surface area contributed by atoms with Gasteiger partial charge in [-0.1, -0.05) is 19.1 Å². The SMILES string of the molecule is Cc1cc(CNC(=O)c2ccc([C@@H](C)[C@@]3(C)C(=O)N(COCCS(C)(C)C)c4ncccc43)cn2)cc(C)n1. The van der Waals surface area contributed by atoms with E-state index in [1.54, 1.807) is 23.4 Å². The highest BCUT2D eigenvalue weighted by Gasteiger charge is 2.52. The number of fused-ring (bicyclic) bond motifs is 1. The number of aromatic nitrogens is 3. The summed E-state index contributed by atoms with van der Waals surface area (Å²) in [7, 11) is -0.680. The normalized spacial score (nSPS) is 18.1. The quantitative estimate of drug-likeness (QED) is 0.374. The van der Waals surface area contributed by atoms with Crippen molar-refractivity contribution >= 4 is 27.7 Å². The molecule has 0 saturated heterocycles. The number of rotatable bonds is 10. The summed E-state index contributed by atoms with van der Waals surface area (Å²) in [4.78, 5) is 41.6. The number of amides is 2. The number of nitrogens with one attached hydrogen (secondary N) is 1. The van der Waals surface area contributed by atoms with Crippen LogP contribution in [0, 0.1) is 13.8 Å². The van der Waals surface area contributed by atoms with Gasteiger partial charge in [-0.25, -0.2) is 15.0 Å². The van der Waals surface area contributed by atoms with Gasteiger partial charge in [-0.2, -0.15) is 0 Å². The molecule has 8 nitrogen and oxygen atoms in total. The molecule has 0 aromatic carbocycles. The molecule has 39 heavy (non-hydrogen) atoms. The van der Waals surface area contributed by atoms with Crippen LogP contribution in [-0.2, 0) is 21.5 Å². The van der Waals surface area contributed by atoms with Crippen LogP contribution < -0.4 is 10.2 Å². The molecule has 1 N–H and O–H groups in total. The van der Waals surface area contributed by atoms with Crippen LogP contribution in [0.2, 0.25) is 0 Å². The minimum Gasteiger partial charge on any atom is -0.360 e. The number of pyridine rings is 3. The van der Waals surface area contributed by atoms with E-state index in [4.69, 9.17) is 4.74 Å². The van der Waals surface area contributed by atoms with E-state index in [-0.39, 0.29) is 24.5 Å². The van der Waals surface area contributed by atoms with Gasteiger partial charge in [0.25, 0.3) is 5.91 Å². The number of carbonyl (C=O) groups excluding carboxylic acids is 2. The second-order valence-corrected chi connectivity index (χ2v) is 15.9. The van der Waals surface area contributed by atoms with Gasteiger partial charge in [0.15, 0.2) is 0 Å². The van der Waals surface area contributed by atoms with E-state index in [2.05, 4.69) is 39.0 Å². The van der Waals surface area contributed by atoms with E-state index < -0.39 is 15.4 Å². The number of aryl methyl sites for hydroxylation is 2. The first-order valence-corrected chi connectivity index (χ1v) is 16.1. The van der Waals surface area contributed by atoms with Gasteiger partial charge in [0.1, 0.15) is 18.2 Å². The first kappa shape index (κ1) is 28.7. The van der Waals surface area contributed by atoms with Gasteiger partial charge >= 0.3 is 0 Å². The molecule has 3 aromatic heterocycles. The highest BCUT2D eigenvalue weighted by atomic mass is 32.3. The van der Waals surface area contributed by atoms with Gasteiger partial charge in [0.05, 0.1) is 12.0 Å². The molecule has 0 unspecified atom stereocenters. The predicted molar refractivity (Wildman–Crippen MR) is 158 cm³/mol. The second-order valence-electron chi connectivity index (χ2n) is 11.3. The lowest BCUT2D eigenvalue weighted by Crippen LogP contribution is -2.42. The Labute approximate surface area is 232 Å². The van der Waals surface area contributed by atoms with Gasteiger partial charge in [-0.15, -0.1) is 0 Å². The van der Waals surface area contributed by atoms with Crippen LogP contribution in [-0.4, -0.2) is 64.6 Å². The lowest BCUT2D eigenvalue weighted by atomic mass is 9.71.